The van der Waals surface area contributed by atoms with Crippen molar-refractivity contribution in [1.29, 1.82) is 0 Å². The molecular formula is C23H35N3O6. The zero-order valence-electron chi connectivity index (χ0n) is 19.0. The van der Waals surface area contributed by atoms with E-state index in [4.69, 9.17) is 4.74 Å². The maximum atomic E-state index is 12.0. The highest BCUT2D eigenvalue weighted by Gasteiger charge is 2.06. The number of ether oxygens (including phenoxy) is 2. The number of carbonyl (C=O) groups excluding carboxylic acids is 4. The first-order valence-electron chi connectivity index (χ1n) is 11.0. The first-order chi connectivity index (χ1) is 15.4. The quantitative estimate of drug-likeness (QED) is 0.261. The third kappa shape index (κ3) is 13.3. The number of methoxy groups -OCH3 is 1. The first-order valence-corrected chi connectivity index (χ1v) is 11.0. The van der Waals surface area contributed by atoms with Crippen molar-refractivity contribution in [2.75, 3.05) is 26.8 Å². The Morgan fingerprint density at radius 1 is 0.844 bits per heavy atom. The molecule has 0 radical (unpaired) electrons. The number of unbranched alkanes of at least 4 members (excludes halogenated alkanes) is 2. The molecule has 0 saturated carbocycles. The van der Waals surface area contributed by atoms with Crippen molar-refractivity contribution in [3.05, 3.63) is 29.8 Å². The molecule has 0 fully saturated rings. The number of rotatable bonds is 16. The number of benzene rings is 1. The lowest BCUT2D eigenvalue weighted by Gasteiger charge is -2.09. The highest BCUT2D eigenvalue weighted by atomic mass is 16.6. The maximum absolute atomic E-state index is 12.0. The van der Waals surface area contributed by atoms with E-state index in [0.29, 0.717) is 57.5 Å². The molecular weight excluding hydrogens is 414 g/mol. The van der Waals surface area contributed by atoms with Gasteiger partial charge in [0, 0.05) is 38.9 Å². The van der Waals surface area contributed by atoms with E-state index in [1.807, 2.05) is 13.0 Å². The van der Waals surface area contributed by atoms with Crippen LogP contribution in [0.4, 0.5) is 0 Å². The number of esters is 1. The molecule has 32 heavy (non-hydrogen) atoms. The molecule has 3 N–H and O–H groups in total. The third-order valence-electron chi connectivity index (χ3n) is 4.56. The van der Waals surface area contributed by atoms with Crippen LogP contribution in [0, 0.1) is 0 Å². The number of nitrogens with one attached hydrogen (secondary N) is 3. The van der Waals surface area contributed by atoms with Gasteiger partial charge in [-0.1, -0.05) is 25.5 Å². The second-order valence-corrected chi connectivity index (χ2v) is 7.30. The predicted octanol–water partition coefficient (Wildman–Crippen LogP) is 1.84. The standard InChI is InChI=1S/C23H35N3O6/c1-3-4-10-20(27)24-13-14-25-21(28)11-5-6-12-22(29)26-16-18-8-7-9-19(15-18)32-17-23(30)31-2/h7-9,15H,3-6,10-14,16-17H2,1-2H3,(H,24,27)(H,25,28)(H,26,29). The van der Waals surface area contributed by atoms with Gasteiger partial charge in [-0.05, 0) is 37.0 Å². The van der Waals surface area contributed by atoms with Crippen molar-refractivity contribution in [1.82, 2.24) is 16.0 Å². The maximum Gasteiger partial charge on any atom is 0.343 e. The van der Waals surface area contributed by atoms with E-state index < -0.39 is 5.97 Å². The molecule has 0 spiro atoms. The summed E-state index contributed by atoms with van der Waals surface area (Å²) in [5, 5.41) is 8.36. The van der Waals surface area contributed by atoms with Gasteiger partial charge in [-0.2, -0.15) is 0 Å². The van der Waals surface area contributed by atoms with Gasteiger partial charge >= 0.3 is 5.97 Å². The zero-order chi connectivity index (χ0) is 23.6. The number of hydrogen-bond donors (Lipinski definition) is 3. The smallest absolute Gasteiger partial charge is 0.343 e. The fourth-order valence-electron chi connectivity index (χ4n) is 2.72. The Morgan fingerprint density at radius 2 is 1.44 bits per heavy atom. The van der Waals surface area contributed by atoms with Crippen LogP contribution < -0.4 is 20.7 Å². The van der Waals surface area contributed by atoms with E-state index in [1.54, 1.807) is 18.2 Å². The van der Waals surface area contributed by atoms with Crippen LogP contribution in [0.3, 0.4) is 0 Å². The van der Waals surface area contributed by atoms with Gasteiger partial charge in [-0.3, -0.25) is 14.4 Å². The normalized spacial score (nSPS) is 10.2. The first kappa shape index (κ1) is 26.9. The van der Waals surface area contributed by atoms with E-state index in [9.17, 15) is 19.2 Å². The number of carbonyl (C=O) groups is 4. The SMILES string of the molecule is CCCCC(=O)NCCNC(=O)CCCCC(=O)NCc1cccc(OCC(=O)OC)c1. The van der Waals surface area contributed by atoms with Crippen LogP contribution in [0.15, 0.2) is 24.3 Å². The summed E-state index contributed by atoms with van der Waals surface area (Å²) in [6, 6.07) is 7.10. The van der Waals surface area contributed by atoms with Gasteiger partial charge in [-0.15, -0.1) is 0 Å². The Balaban J connectivity index is 2.12. The molecule has 3 amide bonds. The summed E-state index contributed by atoms with van der Waals surface area (Å²) in [4.78, 5) is 46.4. The Kier molecular flexibility index (Phi) is 14.0. The number of amides is 3. The van der Waals surface area contributed by atoms with Crippen LogP contribution in [0.25, 0.3) is 0 Å². The Labute approximate surface area is 189 Å². The van der Waals surface area contributed by atoms with Crippen molar-refractivity contribution in [2.24, 2.45) is 0 Å². The van der Waals surface area contributed by atoms with Crippen LogP contribution >= 0.6 is 0 Å². The van der Waals surface area contributed by atoms with Gasteiger partial charge in [0.05, 0.1) is 7.11 Å². The van der Waals surface area contributed by atoms with Gasteiger partial charge < -0.3 is 25.4 Å². The van der Waals surface area contributed by atoms with E-state index in [1.165, 1.54) is 7.11 Å². The van der Waals surface area contributed by atoms with E-state index in [-0.39, 0.29) is 24.3 Å². The lowest BCUT2D eigenvalue weighted by molar-refractivity contribution is -0.143. The van der Waals surface area contributed by atoms with Crippen molar-refractivity contribution in [2.45, 2.75) is 58.4 Å². The summed E-state index contributed by atoms with van der Waals surface area (Å²) in [5.41, 5.74) is 0.849. The van der Waals surface area contributed by atoms with Crippen LogP contribution in [0.5, 0.6) is 5.75 Å². The molecule has 1 rings (SSSR count). The molecule has 1 aromatic carbocycles. The fourth-order valence-corrected chi connectivity index (χ4v) is 2.72. The molecule has 9 nitrogen and oxygen atoms in total. The Hall–Kier alpha value is -3.10. The average Bonchev–Trinajstić information content (AvgIpc) is 2.80. The summed E-state index contributed by atoms with van der Waals surface area (Å²) in [7, 11) is 1.29. The Bertz CT molecular complexity index is 738. The molecule has 0 aliphatic rings. The van der Waals surface area contributed by atoms with Crippen molar-refractivity contribution in [3.63, 3.8) is 0 Å². The van der Waals surface area contributed by atoms with E-state index in [2.05, 4.69) is 20.7 Å². The van der Waals surface area contributed by atoms with Crippen LogP contribution in [-0.4, -0.2) is 50.5 Å². The summed E-state index contributed by atoms with van der Waals surface area (Å²) in [5.74, 6) is -0.120. The highest BCUT2D eigenvalue weighted by Crippen LogP contribution is 2.13. The number of hydrogen-bond acceptors (Lipinski definition) is 6. The highest BCUT2D eigenvalue weighted by molar-refractivity contribution is 5.77. The fraction of sp³-hybridized carbons (Fsp3) is 0.565. The van der Waals surface area contributed by atoms with Crippen molar-refractivity contribution >= 4 is 23.7 Å². The topological polar surface area (TPSA) is 123 Å². The second kappa shape index (κ2) is 16.6. The molecule has 0 atom stereocenters. The minimum absolute atomic E-state index is 0.00700. The molecule has 0 aliphatic carbocycles. The Morgan fingerprint density at radius 3 is 2.03 bits per heavy atom. The zero-order valence-corrected chi connectivity index (χ0v) is 19.0. The molecule has 1 aromatic rings. The molecule has 0 bridgehead atoms. The minimum Gasteiger partial charge on any atom is -0.482 e. The van der Waals surface area contributed by atoms with Crippen LogP contribution in [-0.2, 0) is 30.5 Å². The summed E-state index contributed by atoms with van der Waals surface area (Å²) < 4.78 is 9.85. The van der Waals surface area contributed by atoms with Crippen molar-refractivity contribution in [3.8, 4) is 5.75 Å². The van der Waals surface area contributed by atoms with Crippen molar-refractivity contribution < 1.29 is 28.7 Å². The monoisotopic (exact) mass is 449 g/mol. The summed E-state index contributed by atoms with van der Waals surface area (Å²) in [6.45, 7) is 3.03. The van der Waals surface area contributed by atoms with Gasteiger partial charge in [0.2, 0.25) is 17.7 Å². The van der Waals surface area contributed by atoms with Gasteiger partial charge in [-0.25, -0.2) is 4.79 Å². The van der Waals surface area contributed by atoms with E-state index in [0.717, 1.165) is 18.4 Å². The second-order valence-electron chi connectivity index (χ2n) is 7.30. The molecule has 9 heteroatoms. The van der Waals surface area contributed by atoms with E-state index >= 15 is 0 Å². The van der Waals surface area contributed by atoms with Gasteiger partial charge in [0.25, 0.3) is 0 Å². The molecule has 178 valence electrons. The summed E-state index contributed by atoms with van der Waals surface area (Å²) in [6.07, 6.45) is 4.25. The lowest BCUT2D eigenvalue weighted by Crippen LogP contribution is -2.34. The molecule has 0 aromatic heterocycles. The lowest BCUT2D eigenvalue weighted by atomic mass is 10.1. The third-order valence-corrected chi connectivity index (χ3v) is 4.56. The minimum atomic E-state index is -0.466. The predicted molar refractivity (Wildman–Crippen MR) is 120 cm³/mol. The molecule has 0 heterocycles. The largest absolute Gasteiger partial charge is 0.482 e. The summed E-state index contributed by atoms with van der Waals surface area (Å²) >= 11 is 0. The van der Waals surface area contributed by atoms with Gasteiger partial charge in [0.15, 0.2) is 6.61 Å². The average molecular weight is 450 g/mol. The van der Waals surface area contributed by atoms with Crippen LogP contribution in [0.1, 0.15) is 57.4 Å². The van der Waals surface area contributed by atoms with Crippen LogP contribution in [0.2, 0.25) is 0 Å². The van der Waals surface area contributed by atoms with Gasteiger partial charge in [0.1, 0.15) is 5.75 Å². The molecule has 0 saturated heterocycles. The molecule has 0 unspecified atom stereocenters. The molecule has 0 aliphatic heterocycles.